The maximum absolute atomic E-state index is 11.6. The maximum Gasteiger partial charge on any atom is 0.290 e. The number of carbonyl (C=O) groups is 2. The Kier molecular flexibility index (Phi) is 5.17. The van der Waals surface area contributed by atoms with Crippen LogP contribution in [0.15, 0.2) is 47.5 Å². The van der Waals surface area contributed by atoms with E-state index < -0.39 is 5.91 Å². The van der Waals surface area contributed by atoms with Gasteiger partial charge in [0.15, 0.2) is 0 Å². The van der Waals surface area contributed by atoms with Crippen molar-refractivity contribution >= 4 is 40.6 Å². The molecular weight excluding hydrogens is 348 g/mol. The van der Waals surface area contributed by atoms with Crippen LogP contribution in [0.3, 0.4) is 0 Å². The summed E-state index contributed by atoms with van der Waals surface area (Å²) in [6.07, 6.45) is 3.98. The number of benzene rings is 1. The number of aromatic nitrogens is 1. The van der Waals surface area contributed by atoms with Gasteiger partial charge in [-0.1, -0.05) is 29.8 Å². The van der Waals surface area contributed by atoms with E-state index in [2.05, 4.69) is 10.3 Å². The second-order valence-electron chi connectivity index (χ2n) is 4.93. The average molecular weight is 361 g/mol. The highest BCUT2D eigenvalue weighted by Gasteiger charge is 2.25. The van der Waals surface area contributed by atoms with Crippen molar-refractivity contribution in [3.8, 4) is 5.75 Å². The van der Waals surface area contributed by atoms with Crippen molar-refractivity contribution in [3.63, 3.8) is 0 Å². The molecule has 3 rings (SSSR count). The molecule has 1 aromatic carbocycles. The van der Waals surface area contributed by atoms with Crippen molar-refractivity contribution in [2.24, 2.45) is 0 Å². The van der Waals surface area contributed by atoms with E-state index >= 15 is 0 Å². The van der Waals surface area contributed by atoms with Gasteiger partial charge in [0, 0.05) is 18.3 Å². The van der Waals surface area contributed by atoms with Crippen molar-refractivity contribution in [1.29, 1.82) is 0 Å². The summed E-state index contributed by atoms with van der Waals surface area (Å²) in [5.41, 5.74) is 1.56. The van der Waals surface area contributed by atoms with E-state index in [9.17, 15) is 9.59 Å². The summed E-state index contributed by atoms with van der Waals surface area (Å²) < 4.78 is 5.72. The standard InChI is InChI=1S/C17H13ClN2O3S/c18-15-11(10-14-16(21)20-17(22)24-14)4-3-6-13(15)23-9-7-12-5-1-2-8-19-12/h1-6,8,10H,7,9H2,(H,20,21,22). The SMILES string of the molecule is O=C1NC(=O)C(=Cc2cccc(OCCc3ccccn3)c2Cl)S1. The third-order valence-corrected chi connectivity index (χ3v) is 4.48. The molecule has 0 aliphatic carbocycles. The van der Waals surface area contributed by atoms with Gasteiger partial charge in [-0.05, 0) is 41.6 Å². The Balaban J connectivity index is 1.70. The number of hydrogen-bond donors (Lipinski definition) is 1. The van der Waals surface area contributed by atoms with E-state index in [0.717, 1.165) is 17.5 Å². The van der Waals surface area contributed by atoms with Gasteiger partial charge in [-0.3, -0.25) is 19.9 Å². The lowest BCUT2D eigenvalue weighted by Gasteiger charge is -2.09. The van der Waals surface area contributed by atoms with Gasteiger partial charge >= 0.3 is 0 Å². The summed E-state index contributed by atoms with van der Waals surface area (Å²) in [6, 6.07) is 11.0. The lowest BCUT2D eigenvalue weighted by molar-refractivity contribution is -0.115. The lowest BCUT2D eigenvalue weighted by Crippen LogP contribution is -2.17. The van der Waals surface area contributed by atoms with E-state index in [4.69, 9.17) is 16.3 Å². The van der Waals surface area contributed by atoms with Gasteiger partial charge in [-0.15, -0.1) is 0 Å². The number of amides is 2. The van der Waals surface area contributed by atoms with Crippen LogP contribution in [0.5, 0.6) is 5.75 Å². The molecule has 0 bridgehead atoms. The molecule has 1 saturated heterocycles. The molecular formula is C17H13ClN2O3S. The number of hydrogen-bond acceptors (Lipinski definition) is 5. The number of pyridine rings is 1. The van der Waals surface area contributed by atoms with Crippen LogP contribution in [-0.4, -0.2) is 22.7 Å². The molecule has 2 aromatic rings. The van der Waals surface area contributed by atoms with Crippen LogP contribution in [-0.2, 0) is 11.2 Å². The molecule has 0 unspecified atom stereocenters. The molecule has 1 N–H and O–H groups in total. The van der Waals surface area contributed by atoms with E-state index in [-0.39, 0.29) is 5.24 Å². The Labute approximate surface area is 148 Å². The van der Waals surface area contributed by atoms with Crippen molar-refractivity contribution in [3.05, 3.63) is 63.8 Å². The lowest BCUT2D eigenvalue weighted by atomic mass is 10.2. The molecule has 5 nitrogen and oxygen atoms in total. The highest BCUT2D eigenvalue weighted by atomic mass is 35.5. The summed E-state index contributed by atoms with van der Waals surface area (Å²) in [6.45, 7) is 0.435. The van der Waals surface area contributed by atoms with Crippen LogP contribution in [0.25, 0.3) is 6.08 Å². The van der Waals surface area contributed by atoms with E-state index in [1.807, 2.05) is 18.2 Å². The Morgan fingerprint density at radius 2 is 2.08 bits per heavy atom. The van der Waals surface area contributed by atoms with Crippen molar-refractivity contribution in [2.45, 2.75) is 6.42 Å². The Hall–Kier alpha value is -2.31. The van der Waals surface area contributed by atoms with E-state index in [1.54, 1.807) is 30.5 Å². The van der Waals surface area contributed by atoms with E-state index in [1.165, 1.54) is 0 Å². The predicted molar refractivity (Wildman–Crippen MR) is 94.0 cm³/mol. The molecule has 1 fully saturated rings. The fraction of sp³-hybridized carbons (Fsp3) is 0.118. The molecule has 0 saturated carbocycles. The first-order valence-corrected chi connectivity index (χ1v) is 8.39. The number of halogens is 1. The zero-order valence-electron chi connectivity index (χ0n) is 12.5. The third-order valence-electron chi connectivity index (χ3n) is 3.26. The minimum atomic E-state index is -0.414. The van der Waals surface area contributed by atoms with Gasteiger partial charge in [-0.25, -0.2) is 0 Å². The number of nitrogens with zero attached hydrogens (tertiary/aromatic N) is 1. The van der Waals surface area contributed by atoms with Gasteiger partial charge < -0.3 is 4.74 Å². The average Bonchev–Trinajstić information content (AvgIpc) is 2.89. The summed E-state index contributed by atoms with van der Waals surface area (Å²) >= 11 is 7.19. The summed E-state index contributed by atoms with van der Waals surface area (Å²) in [5, 5.41) is 2.23. The predicted octanol–water partition coefficient (Wildman–Crippen LogP) is 3.68. The number of ether oxygens (including phenoxy) is 1. The highest BCUT2D eigenvalue weighted by molar-refractivity contribution is 8.18. The maximum atomic E-state index is 11.6. The van der Waals surface area contributed by atoms with Crippen molar-refractivity contribution in [2.75, 3.05) is 6.61 Å². The largest absolute Gasteiger partial charge is 0.492 e. The number of rotatable bonds is 5. The van der Waals surface area contributed by atoms with Crippen molar-refractivity contribution in [1.82, 2.24) is 10.3 Å². The van der Waals surface area contributed by atoms with Crippen LogP contribution >= 0.6 is 23.4 Å². The molecule has 1 aliphatic heterocycles. The van der Waals surface area contributed by atoms with Gasteiger partial charge in [0.05, 0.1) is 16.5 Å². The van der Waals surface area contributed by atoms with Crippen LogP contribution in [0.1, 0.15) is 11.3 Å². The normalized spacial score (nSPS) is 15.6. The van der Waals surface area contributed by atoms with Crippen LogP contribution < -0.4 is 10.1 Å². The number of imide groups is 1. The van der Waals surface area contributed by atoms with Gasteiger partial charge in [0.25, 0.3) is 11.1 Å². The minimum absolute atomic E-state index is 0.313. The molecule has 0 radical (unpaired) electrons. The molecule has 122 valence electrons. The summed E-state index contributed by atoms with van der Waals surface area (Å²) in [7, 11) is 0. The Morgan fingerprint density at radius 1 is 1.21 bits per heavy atom. The molecule has 0 spiro atoms. The fourth-order valence-electron chi connectivity index (χ4n) is 2.12. The molecule has 2 heterocycles. The molecule has 2 amide bonds. The minimum Gasteiger partial charge on any atom is -0.492 e. The third kappa shape index (κ3) is 3.96. The van der Waals surface area contributed by atoms with Crippen molar-refractivity contribution < 1.29 is 14.3 Å². The molecule has 0 atom stereocenters. The number of thioether (sulfide) groups is 1. The van der Waals surface area contributed by atoms with Crippen LogP contribution in [0.2, 0.25) is 5.02 Å². The first kappa shape index (κ1) is 16.5. The molecule has 1 aromatic heterocycles. The molecule has 7 heteroatoms. The second kappa shape index (κ2) is 7.51. The summed E-state index contributed by atoms with van der Waals surface area (Å²) in [5.74, 6) is 0.110. The fourth-order valence-corrected chi connectivity index (χ4v) is 3.03. The quantitative estimate of drug-likeness (QED) is 0.824. The molecule has 24 heavy (non-hydrogen) atoms. The van der Waals surface area contributed by atoms with Crippen LogP contribution in [0, 0.1) is 0 Å². The van der Waals surface area contributed by atoms with Crippen LogP contribution in [0.4, 0.5) is 4.79 Å². The monoisotopic (exact) mass is 360 g/mol. The van der Waals surface area contributed by atoms with Gasteiger partial charge in [0.2, 0.25) is 0 Å². The highest BCUT2D eigenvalue weighted by Crippen LogP contribution is 2.33. The Morgan fingerprint density at radius 3 is 2.79 bits per heavy atom. The second-order valence-corrected chi connectivity index (χ2v) is 6.32. The zero-order valence-corrected chi connectivity index (χ0v) is 14.1. The van der Waals surface area contributed by atoms with Gasteiger partial charge in [-0.2, -0.15) is 0 Å². The zero-order chi connectivity index (χ0) is 16.9. The summed E-state index contributed by atoms with van der Waals surface area (Å²) in [4.78, 5) is 27.4. The Bertz CT molecular complexity index is 809. The topological polar surface area (TPSA) is 68.3 Å². The first-order valence-electron chi connectivity index (χ1n) is 7.19. The van der Waals surface area contributed by atoms with E-state index in [0.29, 0.717) is 34.3 Å². The van der Waals surface area contributed by atoms with Gasteiger partial charge in [0.1, 0.15) is 5.75 Å². The molecule has 1 aliphatic rings. The number of carbonyl (C=O) groups excluding carboxylic acids is 2. The first-order chi connectivity index (χ1) is 11.6. The smallest absolute Gasteiger partial charge is 0.290 e. The number of nitrogens with one attached hydrogen (secondary N) is 1.